The molecule has 4 aromatic carbocycles. The molecule has 4 heteroatoms. The molecule has 0 aliphatic carbocycles. The first-order chi connectivity index (χ1) is 15.7. The Hall–Kier alpha value is -4.36. The first-order valence-electron chi connectivity index (χ1n) is 10.4. The molecule has 1 aliphatic heterocycles. The van der Waals surface area contributed by atoms with Crippen molar-refractivity contribution in [1.82, 2.24) is 5.32 Å². The van der Waals surface area contributed by atoms with Crippen molar-refractivity contribution >= 4 is 16.7 Å². The molecule has 0 spiro atoms. The molecule has 1 aliphatic rings. The van der Waals surface area contributed by atoms with Gasteiger partial charge >= 0.3 is 0 Å². The number of hydrogen-bond acceptors (Lipinski definition) is 3. The first kappa shape index (κ1) is 19.6. The largest absolute Gasteiger partial charge is 0.439 e. The fourth-order valence-corrected chi connectivity index (χ4v) is 4.17. The molecule has 0 saturated carbocycles. The summed E-state index contributed by atoms with van der Waals surface area (Å²) < 4.78 is 6.14. The van der Waals surface area contributed by atoms with Crippen molar-refractivity contribution in [2.24, 2.45) is 0 Å². The molecule has 1 amide bonds. The maximum absolute atomic E-state index is 12.9. The Labute approximate surface area is 186 Å². The van der Waals surface area contributed by atoms with Crippen molar-refractivity contribution in [2.45, 2.75) is 12.8 Å². The lowest BCUT2D eigenvalue weighted by Crippen LogP contribution is -2.31. The van der Waals surface area contributed by atoms with E-state index in [1.165, 1.54) is 0 Å². The van der Waals surface area contributed by atoms with Gasteiger partial charge in [0.1, 0.15) is 17.4 Å². The van der Waals surface area contributed by atoms with Crippen LogP contribution in [0.25, 0.3) is 10.8 Å². The number of carbonyl (C=O) groups excluding carboxylic acids is 1. The third kappa shape index (κ3) is 3.40. The Morgan fingerprint density at radius 3 is 2.38 bits per heavy atom. The molecule has 0 unspecified atom stereocenters. The predicted octanol–water partition coefficient (Wildman–Crippen LogP) is 5.84. The van der Waals surface area contributed by atoms with E-state index in [-0.39, 0.29) is 17.7 Å². The fourth-order valence-electron chi connectivity index (χ4n) is 4.17. The van der Waals surface area contributed by atoms with Crippen LogP contribution in [0, 0.1) is 18.3 Å². The highest BCUT2D eigenvalue weighted by molar-refractivity contribution is 5.96. The molecular formula is C28H20N2O2. The van der Waals surface area contributed by atoms with Gasteiger partial charge in [-0.05, 0) is 41.5 Å². The maximum Gasteiger partial charge on any atom is 0.257 e. The van der Waals surface area contributed by atoms with Crippen molar-refractivity contribution in [3.63, 3.8) is 0 Å². The number of aryl methyl sites for hydroxylation is 1. The van der Waals surface area contributed by atoms with Gasteiger partial charge in [-0.3, -0.25) is 10.1 Å². The summed E-state index contributed by atoms with van der Waals surface area (Å²) >= 11 is 0. The smallest absolute Gasteiger partial charge is 0.257 e. The average molecular weight is 416 g/mol. The van der Waals surface area contributed by atoms with Crippen LogP contribution < -0.4 is 10.1 Å². The molecule has 1 heterocycles. The number of rotatable bonds is 3. The number of nitriles is 1. The highest BCUT2D eigenvalue weighted by Crippen LogP contribution is 2.46. The highest BCUT2D eigenvalue weighted by Gasteiger charge is 2.33. The molecule has 0 bridgehead atoms. The van der Waals surface area contributed by atoms with Crippen LogP contribution in [0.4, 0.5) is 0 Å². The number of nitrogens with zero attached hydrogens (tertiary/aromatic N) is 1. The lowest BCUT2D eigenvalue weighted by molar-refractivity contribution is 0.0947. The summed E-state index contributed by atoms with van der Waals surface area (Å²) in [5.74, 6) is 0.133. The Bertz CT molecular complexity index is 1400. The third-order valence-corrected chi connectivity index (χ3v) is 5.76. The number of allylic oxidation sites excluding steroid dienone is 1. The van der Waals surface area contributed by atoms with E-state index in [9.17, 15) is 10.1 Å². The molecule has 0 radical (unpaired) electrons. The normalized spacial score (nSPS) is 14.9. The Morgan fingerprint density at radius 2 is 1.62 bits per heavy atom. The van der Waals surface area contributed by atoms with Gasteiger partial charge in [0, 0.05) is 11.1 Å². The van der Waals surface area contributed by atoms with Crippen LogP contribution in [0.15, 0.2) is 102 Å². The summed E-state index contributed by atoms with van der Waals surface area (Å²) in [6, 6.07) is 31.3. The summed E-state index contributed by atoms with van der Waals surface area (Å²) in [5.41, 5.74) is 3.92. The molecule has 0 aromatic heterocycles. The van der Waals surface area contributed by atoms with E-state index >= 15 is 0 Å². The Morgan fingerprint density at radius 1 is 0.906 bits per heavy atom. The fraction of sp³-hybridized carbons (Fsp3) is 0.0714. The molecule has 1 atom stereocenters. The predicted molar refractivity (Wildman–Crippen MR) is 124 cm³/mol. The van der Waals surface area contributed by atoms with Crippen LogP contribution in [-0.2, 0) is 0 Å². The number of hydrogen-bond donors (Lipinski definition) is 1. The van der Waals surface area contributed by atoms with Crippen LogP contribution in [0.3, 0.4) is 0 Å². The number of amides is 1. The second-order valence-corrected chi connectivity index (χ2v) is 7.82. The molecule has 32 heavy (non-hydrogen) atoms. The molecule has 0 fully saturated rings. The van der Waals surface area contributed by atoms with Crippen LogP contribution in [0.5, 0.6) is 5.75 Å². The summed E-state index contributed by atoms with van der Waals surface area (Å²) in [4.78, 5) is 12.9. The third-order valence-electron chi connectivity index (χ3n) is 5.76. The minimum atomic E-state index is -0.360. The molecule has 154 valence electrons. The van der Waals surface area contributed by atoms with E-state index in [2.05, 4.69) is 11.4 Å². The molecule has 4 aromatic rings. The van der Waals surface area contributed by atoms with Crippen LogP contribution >= 0.6 is 0 Å². The summed E-state index contributed by atoms with van der Waals surface area (Å²) in [6.45, 7) is 2.03. The van der Waals surface area contributed by atoms with Gasteiger partial charge in [0.2, 0.25) is 5.88 Å². The zero-order valence-corrected chi connectivity index (χ0v) is 17.5. The van der Waals surface area contributed by atoms with E-state index in [4.69, 9.17) is 4.74 Å². The van der Waals surface area contributed by atoms with Crippen molar-refractivity contribution in [2.75, 3.05) is 0 Å². The van der Waals surface area contributed by atoms with Gasteiger partial charge in [-0.15, -0.1) is 0 Å². The minimum absolute atomic E-state index is 0.176. The average Bonchev–Trinajstić information content (AvgIpc) is 2.84. The van der Waals surface area contributed by atoms with Crippen LogP contribution in [-0.4, -0.2) is 5.91 Å². The quantitative estimate of drug-likeness (QED) is 0.456. The number of carbonyl (C=O) groups is 1. The lowest BCUT2D eigenvalue weighted by Gasteiger charge is -2.29. The maximum atomic E-state index is 12.9. The van der Waals surface area contributed by atoms with E-state index in [0.29, 0.717) is 16.9 Å². The van der Waals surface area contributed by atoms with Gasteiger partial charge in [0.05, 0.1) is 5.92 Å². The van der Waals surface area contributed by atoms with E-state index in [1.54, 1.807) is 24.3 Å². The second kappa shape index (κ2) is 8.05. The molecule has 5 rings (SSSR count). The molecule has 4 nitrogen and oxygen atoms in total. The number of nitrogens with one attached hydrogen (secondary N) is 1. The van der Waals surface area contributed by atoms with Crippen molar-refractivity contribution in [1.29, 1.82) is 5.26 Å². The first-order valence-corrected chi connectivity index (χ1v) is 10.4. The standard InChI is InChI=1S/C28H20N2O2/c1-18-11-13-20(14-12-18)25-23(17-29)28(30-27(31)21-8-3-2-4-9-21)32-24-16-15-19-7-5-6-10-22(19)26(24)25/h2-16,25H,1H3,(H,30,31)/t25-/m1/s1. The second-order valence-electron chi connectivity index (χ2n) is 7.82. The van der Waals surface area contributed by atoms with Gasteiger partial charge < -0.3 is 4.74 Å². The van der Waals surface area contributed by atoms with Crippen molar-refractivity contribution in [3.05, 3.63) is 125 Å². The minimum Gasteiger partial charge on any atom is -0.439 e. The topological polar surface area (TPSA) is 62.1 Å². The van der Waals surface area contributed by atoms with Gasteiger partial charge in [-0.2, -0.15) is 5.26 Å². The monoisotopic (exact) mass is 416 g/mol. The Balaban J connectivity index is 1.69. The molecule has 1 N–H and O–H groups in total. The van der Waals surface area contributed by atoms with E-state index in [0.717, 1.165) is 27.5 Å². The number of benzene rings is 4. The summed E-state index contributed by atoms with van der Waals surface area (Å²) in [7, 11) is 0. The van der Waals surface area contributed by atoms with Crippen LogP contribution in [0.2, 0.25) is 0 Å². The lowest BCUT2D eigenvalue weighted by atomic mass is 9.81. The molecule has 0 saturated heterocycles. The Kier molecular flexibility index (Phi) is 4.93. The van der Waals surface area contributed by atoms with Gasteiger partial charge in [0.25, 0.3) is 5.91 Å². The van der Waals surface area contributed by atoms with Crippen molar-refractivity contribution < 1.29 is 9.53 Å². The highest BCUT2D eigenvalue weighted by atomic mass is 16.5. The van der Waals surface area contributed by atoms with E-state index < -0.39 is 0 Å². The SMILES string of the molecule is Cc1ccc([C@@H]2C(C#N)=C(NC(=O)c3ccccc3)Oc3ccc4ccccc4c32)cc1. The van der Waals surface area contributed by atoms with Crippen molar-refractivity contribution in [3.8, 4) is 11.8 Å². The number of ether oxygens (including phenoxy) is 1. The summed E-state index contributed by atoms with van der Waals surface area (Å²) in [5, 5.41) is 15.1. The van der Waals surface area contributed by atoms with Gasteiger partial charge in [0.15, 0.2) is 0 Å². The zero-order chi connectivity index (χ0) is 22.1. The van der Waals surface area contributed by atoms with E-state index in [1.807, 2.05) is 73.7 Å². The van der Waals surface area contributed by atoms with Gasteiger partial charge in [-0.25, -0.2) is 0 Å². The van der Waals surface area contributed by atoms with Crippen LogP contribution in [0.1, 0.15) is 33.0 Å². The molecular weight excluding hydrogens is 396 g/mol. The zero-order valence-electron chi connectivity index (χ0n) is 17.5. The summed E-state index contributed by atoms with van der Waals surface area (Å²) in [6.07, 6.45) is 0. The number of fused-ring (bicyclic) bond motifs is 3. The van der Waals surface area contributed by atoms with Gasteiger partial charge in [-0.1, -0.05) is 78.4 Å².